The minimum Gasteiger partial charge on any atom is -0.468 e. The van der Waals surface area contributed by atoms with Crippen molar-refractivity contribution < 1.29 is 22.4 Å². The molecular formula is C16H18F3N3O2. The molecule has 0 aliphatic carbocycles. The van der Waals surface area contributed by atoms with E-state index in [-0.39, 0.29) is 12.6 Å². The van der Waals surface area contributed by atoms with Gasteiger partial charge in [-0.3, -0.25) is 9.69 Å². The summed E-state index contributed by atoms with van der Waals surface area (Å²) in [4.78, 5) is 13.7. The first-order valence-electron chi connectivity index (χ1n) is 7.24. The quantitative estimate of drug-likeness (QED) is 0.760. The average molecular weight is 341 g/mol. The molecule has 1 amide bonds. The molecule has 0 saturated heterocycles. The van der Waals surface area contributed by atoms with Gasteiger partial charge in [0, 0.05) is 6.54 Å². The molecule has 0 aliphatic rings. The molecule has 0 aliphatic heterocycles. The SMILES string of the molecule is CN(C)[C@H](CNCC(=O)Nc1ccc(F)c(F)c1F)c1ccco1. The van der Waals surface area contributed by atoms with Crippen molar-refractivity contribution in [3.63, 3.8) is 0 Å². The number of hydrogen-bond acceptors (Lipinski definition) is 4. The van der Waals surface area contributed by atoms with Crippen LogP contribution in [0.1, 0.15) is 11.8 Å². The lowest BCUT2D eigenvalue weighted by molar-refractivity contribution is -0.115. The third-order valence-corrected chi connectivity index (χ3v) is 3.43. The second-order valence-corrected chi connectivity index (χ2v) is 5.40. The fourth-order valence-electron chi connectivity index (χ4n) is 2.16. The van der Waals surface area contributed by atoms with E-state index in [9.17, 15) is 18.0 Å². The van der Waals surface area contributed by atoms with Crippen molar-refractivity contribution in [3.05, 3.63) is 53.7 Å². The van der Waals surface area contributed by atoms with E-state index < -0.39 is 29.0 Å². The molecule has 5 nitrogen and oxygen atoms in total. The van der Waals surface area contributed by atoms with Crippen molar-refractivity contribution in [1.82, 2.24) is 10.2 Å². The van der Waals surface area contributed by atoms with Crippen molar-refractivity contribution in [1.29, 1.82) is 0 Å². The van der Waals surface area contributed by atoms with Crippen molar-refractivity contribution in [3.8, 4) is 0 Å². The van der Waals surface area contributed by atoms with E-state index in [1.54, 1.807) is 12.3 Å². The highest BCUT2D eigenvalue weighted by Gasteiger charge is 2.18. The molecule has 0 spiro atoms. The maximum Gasteiger partial charge on any atom is 0.238 e. The number of furan rings is 1. The standard InChI is InChI=1S/C16H18F3N3O2/c1-22(2)12(13-4-3-7-24-13)8-20-9-14(23)21-11-6-5-10(17)15(18)16(11)19/h3-7,12,20H,8-9H2,1-2H3,(H,21,23)/t12-/m1/s1. The van der Waals surface area contributed by atoms with Gasteiger partial charge < -0.3 is 15.1 Å². The van der Waals surface area contributed by atoms with Gasteiger partial charge in [-0.15, -0.1) is 0 Å². The van der Waals surface area contributed by atoms with Crippen LogP contribution in [0.5, 0.6) is 0 Å². The number of carbonyl (C=O) groups excluding carboxylic acids is 1. The second kappa shape index (κ2) is 7.98. The largest absolute Gasteiger partial charge is 0.468 e. The Balaban J connectivity index is 1.88. The third-order valence-electron chi connectivity index (χ3n) is 3.43. The molecule has 1 aromatic carbocycles. The van der Waals surface area contributed by atoms with Crippen molar-refractivity contribution in [2.24, 2.45) is 0 Å². The lowest BCUT2D eigenvalue weighted by Gasteiger charge is -2.22. The lowest BCUT2D eigenvalue weighted by Crippen LogP contribution is -2.35. The molecule has 2 aromatic rings. The summed E-state index contributed by atoms with van der Waals surface area (Å²) >= 11 is 0. The van der Waals surface area contributed by atoms with Gasteiger partial charge in [0.1, 0.15) is 5.76 Å². The van der Waals surface area contributed by atoms with E-state index in [1.165, 1.54) is 0 Å². The molecule has 2 N–H and O–H groups in total. The van der Waals surface area contributed by atoms with Crippen molar-refractivity contribution >= 4 is 11.6 Å². The topological polar surface area (TPSA) is 57.5 Å². The highest BCUT2D eigenvalue weighted by molar-refractivity contribution is 5.92. The van der Waals surface area contributed by atoms with Crippen molar-refractivity contribution in [2.45, 2.75) is 6.04 Å². The molecule has 0 bridgehead atoms. The van der Waals surface area contributed by atoms with Crippen LogP contribution in [0.25, 0.3) is 0 Å². The van der Waals surface area contributed by atoms with Gasteiger partial charge in [-0.25, -0.2) is 13.2 Å². The third kappa shape index (κ3) is 4.36. The van der Waals surface area contributed by atoms with Gasteiger partial charge in [-0.2, -0.15) is 0 Å². The molecule has 8 heteroatoms. The van der Waals surface area contributed by atoms with Gasteiger partial charge in [-0.1, -0.05) is 0 Å². The van der Waals surface area contributed by atoms with Gasteiger partial charge in [0.2, 0.25) is 5.91 Å². The molecule has 1 heterocycles. The maximum absolute atomic E-state index is 13.5. The summed E-state index contributed by atoms with van der Waals surface area (Å²) in [6.45, 7) is 0.289. The van der Waals surface area contributed by atoms with Crippen LogP contribution in [0.3, 0.4) is 0 Å². The van der Waals surface area contributed by atoms with Gasteiger partial charge in [0.25, 0.3) is 0 Å². The van der Waals surface area contributed by atoms with E-state index in [2.05, 4.69) is 10.6 Å². The first-order chi connectivity index (χ1) is 11.4. The normalized spacial score (nSPS) is 12.4. The van der Waals surface area contributed by atoms with Crippen LogP contribution in [-0.4, -0.2) is 38.0 Å². The molecule has 0 fully saturated rings. The van der Waals surface area contributed by atoms with Crippen LogP contribution in [0, 0.1) is 17.5 Å². The van der Waals surface area contributed by atoms with Crippen LogP contribution in [0.4, 0.5) is 18.9 Å². The van der Waals surface area contributed by atoms with Gasteiger partial charge in [0.15, 0.2) is 17.5 Å². The molecule has 0 radical (unpaired) electrons. The maximum atomic E-state index is 13.5. The molecule has 1 atom stereocenters. The number of nitrogens with one attached hydrogen (secondary N) is 2. The number of likely N-dealkylation sites (N-methyl/N-ethyl adjacent to an activating group) is 1. The average Bonchev–Trinajstić information content (AvgIpc) is 3.06. The van der Waals surface area contributed by atoms with Gasteiger partial charge >= 0.3 is 0 Å². The van der Waals surface area contributed by atoms with Crippen LogP contribution in [0.2, 0.25) is 0 Å². The zero-order chi connectivity index (χ0) is 17.7. The Labute approximate surface area is 137 Å². The zero-order valence-electron chi connectivity index (χ0n) is 13.3. The number of anilines is 1. The summed E-state index contributed by atoms with van der Waals surface area (Å²) in [5, 5.41) is 5.11. The monoisotopic (exact) mass is 341 g/mol. The zero-order valence-corrected chi connectivity index (χ0v) is 13.3. The molecule has 130 valence electrons. The molecule has 2 rings (SSSR count). The smallest absolute Gasteiger partial charge is 0.238 e. The number of carbonyl (C=O) groups is 1. The fourth-order valence-corrected chi connectivity index (χ4v) is 2.16. The Morgan fingerprint density at radius 2 is 1.96 bits per heavy atom. The highest BCUT2D eigenvalue weighted by atomic mass is 19.2. The Hall–Kier alpha value is -2.32. The van der Waals surface area contributed by atoms with E-state index >= 15 is 0 Å². The van der Waals surface area contributed by atoms with Crippen LogP contribution in [-0.2, 0) is 4.79 Å². The Kier molecular flexibility index (Phi) is 5.99. The predicted molar refractivity (Wildman–Crippen MR) is 83.0 cm³/mol. The summed E-state index contributed by atoms with van der Waals surface area (Å²) in [5.41, 5.74) is -0.407. The minimum absolute atomic E-state index is 0.0900. The summed E-state index contributed by atoms with van der Waals surface area (Å²) in [6, 6.07) is 5.22. The van der Waals surface area contributed by atoms with Crippen LogP contribution >= 0.6 is 0 Å². The number of halogens is 3. The Bertz CT molecular complexity index is 690. The molecule has 1 aromatic heterocycles. The molecule has 0 saturated carbocycles. The highest BCUT2D eigenvalue weighted by Crippen LogP contribution is 2.20. The molecular weight excluding hydrogens is 323 g/mol. The first-order valence-corrected chi connectivity index (χ1v) is 7.24. The van der Waals surface area contributed by atoms with E-state index in [0.717, 1.165) is 17.9 Å². The van der Waals surface area contributed by atoms with Gasteiger partial charge in [-0.05, 0) is 38.4 Å². The van der Waals surface area contributed by atoms with E-state index in [1.807, 2.05) is 25.1 Å². The number of rotatable bonds is 7. The molecule has 24 heavy (non-hydrogen) atoms. The van der Waals surface area contributed by atoms with Gasteiger partial charge in [0.05, 0.1) is 24.5 Å². The minimum atomic E-state index is -1.62. The molecule has 0 unspecified atom stereocenters. The first kappa shape index (κ1) is 18.0. The number of amides is 1. The number of nitrogens with zero attached hydrogens (tertiary/aromatic N) is 1. The van der Waals surface area contributed by atoms with Crippen LogP contribution in [0.15, 0.2) is 34.9 Å². The van der Waals surface area contributed by atoms with Crippen molar-refractivity contribution in [2.75, 3.05) is 32.5 Å². The summed E-state index contributed by atoms with van der Waals surface area (Å²) < 4.78 is 44.8. The van der Waals surface area contributed by atoms with E-state index in [0.29, 0.717) is 6.54 Å². The van der Waals surface area contributed by atoms with E-state index in [4.69, 9.17) is 4.42 Å². The summed E-state index contributed by atoms with van der Waals surface area (Å²) in [6.07, 6.45) is 1.56. The van der Waals surface area contributed by atoms with Crippen LogP contribution < -0.4 is 10.6 Å². The fraction of sp³-hybridized carbons (Fsp3) is 0.312. The summed E-state index contributed by atoms with van der Waals surface area (Å²) in [5.74, 6) is -4.19. The second-order valence-electron chi connectivity index (χ2n) is 5.40. The predicted octanol–water partition coefficient (Wildman–Crippen LogP) is 2.53. The Morgan fingerprint density at radius 1 is 1.21 bits per heavy atom. The number of benzene rings is 1. The Morgan fingerprint density at radius 3 is 2.58 bits per heavy atom. The number of hydrogen-bond donors (Lipinski definition) is 2. The summed E-state index contributed by atoms with van der Waals surface area (Å²) in [7, 11) is 3.73. The lowest BCUT2D eigenvalue weighted by atomic mass is 10.2.